The molecule has 4 bridgehead atoms. The summed E-state index contributed by atoms with van der Waals surface area (Å²) in [4.78, 5) is 40.4. The molecular formula is C31H41ClN2O9. The Kier molecular flexibility index (Phi) is 9.51. The van der Waals surface area contributed by atoms with Crippen LogP contribution in [0.3, 0.4) is 0 Å². The number of alkyl carbamates (subject to hydrolysis) is 1. The van der Waals surface area contributed by atoms with Crippen molar-refractivity contribution in [3.8, 4) is 5.75 Å². The van der Waals surface area contributed by atoms with Gasteiger partial charge in [-0.1, -0.05) is 56.2 Å². The van der Waals surface area contributed by atoms with Crippen LogP contribution in [0.1, 0.15) is 53.0 Å². The number of benzene rings is 1. The van der Waals surface area contributed by atoms with Crippen LogP contribution in [0.2, 0.25) is 5.02 Å². The van der Waals surface area contributed by atoms with Crippen molar-refractivity contribution in [1.29, 1.82) is 0 Å². The number of phenolic OH excluding ortho intramolecular Hbond substituents is 1. The number of epoxide rings is 1. The quantitative estimate of drug-likeness (QED) is 0.337. The number of hydrogen-bond donors (Lipinski definition) is 3. The largest absolute Gasteiger partial charge is 0.506 e. The van der Waals surface area contributed by atoms with E-state index in [0.29, 0.717) is 17.7 Å². The zero-order valence-electron chi connectivity index (χ0n) is 25.5. The van der Waals surface area contributed by atoms with Gasteiger partial charge in [0, 0.05) is 26.5 Å². The van der Waals surface area contributed by atoms with E-state index >= 15 is 0 Å². The predicted octanol–water partition coefficient (Wildman–Crippen LogP) is 4.02. The molecule has 3 N–H and O–H groups in total. The van der Waals surface area contributed by atoms with Crippen molar-refractivity contribution in [2.45, 2.75) is 89.6 Å². The van der Waals surface area contributed by atoms with Crippen LogP contribution in [-0.4, -0.2) is 78.1 Å². The first-order valence-electron chi connectivity index (χ1n) is 14.3. The zero-order chi connectivity index (χ0) is 31.9. The number of aliphatic hydroxyl groups is 1. The van der Waals surface area contributed by atoms with Gasteiger partial charge in [-0.15, -0.1) is 0 Å². The monoisotopic (exact) mass is 620 g/mol. The van der Waals surface area contributed by atoms with Crippen LogP contribution in [0.25, 0.3) is 0 Å². The third-order valence-electron chi connectivity index (χ3n) is 8.47. The highest BCUT2D eigenvalue weighted by molar-refractivity contribution is 6.35. The summed E-state index contributed by atoms with van der Waals surface area (Å²) in [5.41, 5.74) is -0.974. The molecule has 0 aromatic heterocycles. The Morgan fingerprint density at radius 3 is 2.63 bits per heavy atom. The summed E-state index contributed by atoms with van der Waals surface area (Å²) in [7, 11) is 2.97. The Morgan fingerprint density at radius 1 is 1.28 bits per heavy atom. The first-order chi connectivity index (χ1) is 20.1. The fourth-order valence-electron chi connectivity index (χ4n) is 5.75. The number of amides is 2. The molecule has 4 rings (SSSR count). The van der Waals surface area contributed by atoms with Gasteiger partial charge in [0.05, 0.1) is 24.1 Å². The van der Waals surface area contributed by atoms with E-state index in [4.69, 9.17) is 30.5 Å². The van der Waals surface area contributed by atoms with Crippen molar-refractivity contribution >= 4 is 35.3 Å². The van der Waals surface area contributed by atoms with Crippen molar-refractivity contribution in [3.05, 3.63) is 46.5 Å². The van der Waals surface area contributed by atoms with E-state index in [2.05, 4.69) is 5.32 Å². The van der Waals surface area contributed by atoms with Gasteiger partial charge in [0.2, 0.25) is 5.91 Å². The second-order valence-corrected chi connectivity index (χ2v) is 12.6. The number of hydrogen-bond acceptors (Lipinski definition) is 9. The number of nitrogens with zero attached hydrogens (tertiary/aromatic N) is 1. The molecule has 1 unspecified atom stereocenters. The lowest BCUT2D eigenvalue weighted by molar-refractivity contribution is -0.157. The Morgan fingerprint density at radius 2 is 1.98 bits per heavy atom. The lowest BCUT2D eigenvalue weighted by Crippen LogP contribution is -2.63. The van der Waals surface area contributed by atoms with E-state index in [-0.39, 0.29) is 23.6 Å². The number of phenols is 1. The molecule has 12 heteroatoms. The number of methoxy groups -OCH3 is 1. The Hall–Kier alpha value is -3.12. The van der Waals surface area contributed by atoms with E-state index in [1.807, 2.05) is 19.9 Å². The van der Waals surface area contributed by atoms with Gasteiger partial charge in [-0.05, 0) is 38.0 Å². The maximum absolute atomic E-state index is 13.7. The van der Waals surface area contributed by atoms with E-state index in [9.17, 15) is 24.6 Å². The molecule has 0 radical (unpaired) electrons. The molecular weight excluding hydrogens is 580 g/mol. The second-order valence-electron chi connectivity index (χ2n) is 12.2. The summed E-state index contributed by atoms with van der Waals surface area (Å²) in [5, 5.41) is 24.6. The molecule has 3 aliphatic rings. The van der Waals surface area contributed by atoms with Gasteiger partial charge < -0.3 is 34.1 Å². The Labute approximate surface area is 256 Å². The van der Waals surface area contributed by atoms with E-state index < -0.39 is 65.5 Å². The van der Waals surface area contributed by atoms with Crippen molar-refractivity contribution in [3.63, 3.8) is 0 Å². The smallest absolute Gasteiger partial charge is 0.409 e. The summed E-state index contributed by atoms with van der Waals surface area (Å²) in [6.45, 7) is 8.83. The molecule has 3 heterocycles. The number of rotatable bonds is 3. The maximum atomic E-state index is 13.7. The van der Waals surface area contributed by atoms with Crippen molar-refractivity contribution < 1.29 is 43.5 Å². The Bertz CT molecular complexity index is 1330. The average Bonchev–Trinajstić information content (AvgIpc) is 3.62. The predicted molar refractivity (Wildman–Crippen MR) is 159 cm³/mol. The first kappa shape index (κ1) is 32.8. The van der Waals surface area contributed by atoms with Crippen LogP contribution >= 0.6 is 11.6 Å². The third kappa shape index (κ3) is 6.85. The number of fused-ring (bicyclic) bond motifs is 5. The standard InChI is InChI=1S/C31H41ClN2O9/c1-16(2)28(37)42-24-14-25(36)34(6)20-12-19(13-21(35)26(20)32)11-17(3)9-8-10-23(40-7)31(39)15-22(41-29(38)33-31)18(4)27-30(24,5)43-27/h8-10,12-13,16,18,22-24,27,35,39H,11,14-15H2,1-7H3,(H,33,38)/b10-8+,17-9-/t18-,22+,23-,24?,27+,30+,31+/m1/s1. The van der Waals surface area contributed by atoms with Crippen LogP contribution in [0.5, 0.6) is 5.75 Å². The summed E-state index contributed by atoms with van der Waals surface area (Å²) in [6.07, 6.45) is 1.29. The molecule has 43 heavy (non-hydrogen) atoms. The number of allylic oxidation sites excluding steroid dienone is 3. The number of carbonyl (C=O) groups excluding carboxylic acids is 3. The molecule has 2 amide bonds. The molecule has 11 nitrogen and oxygen atoms in total. The highest BCUT2D eigenvalue weighted by Crippen LogP contribution is 2.49. The van der Waals surface area contributed by atoms with Gasteiger partial charge in [-0.25, -0.2) is 4.79 Å². The van der Waals surface area contributed by atoms with Gasteiger partial charge in [-0.2, -0.15) is 0 Å². The number of anilines is 1. The average molecular weight is 621 g/mol. The number of carbonyl (C=O) groups is 3. The molecule has 0 saturated carbocycles. The van der Waals surface area contributed by atoms with Crippen molar-refractivity contribution in [2.75, 3.05) is 19.1 Å². The molecule has 0 aliphatic carbocycles. The van der Waals surface area contributed by atoms with Crippen LogP contribution in [0.15, 0.2) is 35.9 Å². The van der Waals surface area contributed by atoms with Gasteiger partial charge >= 0.3 is 12.1 Å². The maximum Gasteiger partial charge on any atom is 0.409 e. The van der Waals surface area contributed by atoms with Crippen molar-refractivity contribution in [1.82, 2.24) is 5.32 Å². The van der Waals surface area contributed by atoms with Crippen LogP contribution in [0.4, 0.5) is 10.5 Å². The normalized spacial score (nSPS) is 35.3. The molecule has 7 atom stereocenters. The minimum atomic E-state index is -1.78. The molecule has 1 aromatic rings. The second kappa shape index (κ2) is 12.5. The molecule has 0 spiro atoms. The molecule has 1 aromatic carbocycles. The van der Waals surface area contributed by atoms with Gasteiger partial charge in [0.15, 0.2) is 5.72 Å². The van der Waals surface area contributed by atoms with E-state index in [1.54, 1.807) is 46.0 Å². The fourth-order valence-corrected chi connectivity index (χ4v) is 5.98. The topological polar surface area (TPSA) is 147 Å². The number of halogens is 1. The van der Waals surface area contributed by atoms with E-state index in [0.717, 1.165) is 5.57 Å². The van der Waals surface area contributed by atoms with Crippen LogP contribution in [0, 0.1) is 11.8 Å². The molecule has 2 saturated heterocycles. The van der Waals surface area contributed by atoms with Crippen LogP contribution < -0.4 is 10.2 Å². The summed E-state index contributed by atoms with van der Waals surface area (Å²) >= 11 is 6.44. The summed E-state index contributed by atoms with van der Waals surface area (Å²) < 4.78 is 23.1. The molecule has 2 fully saturated rings. The Balaban J connectivity index is 1.78. The van der Waals surface area contributed by atoms with Gasteiger partial charge in [0.25, 0.3) is 0 Å². The van der Waals surface area contributed by atoms with E-state index in [1.165, 1.54) is 18.1 Å². The highest BCUT2D eigenvalue weighted by atomic mass is 35.5. The lowest BCUT2D eigenvalue weighted by atomic mass is 9.83. The van der Waals surface area contributed by atoms with Gasteiger partial charge in [0.1, 0.15) is 34.7 Å². The third-order valence-corrected chi connectivity index (χ3v) is 8.86. The number of aromatic hydroxyl groups is 1. The molecule has 236 valence electrons. The number of ether oxygens (including phenoxy) is 4. The van der Waals surface area contributed by atoms with Crippen LogP contribution in [-0.2, 0) is 35.0 Å². The first-order valence-corrected chi connectivity index (χ1v) is 14.7. The van der Waals surface area contributed by atoms with Crippen molar-refractivity contribution in [2.24, 2.45) is 11.8 Å². The highest BCUT2D eigenvalue weighted by Gasteiger charge is 2.64. The SMILES string of the molecule is CO[C@@H]1/C=C/C=C(/C)Cc2cc(O)c(Cl)c(c2)N(C)C(=O)CC(OC(=O)C(C)C)[C@]2(C)O[C@H]2[C@H](C)[C@@H]2C[C@@]1(O)NC(=O)O2. The molecule has 3 aliphatic heterocycles. The van der Waals surface area contributed by atoms with Gasteiger partial charge in [-0.3, -0.25) is 14.9 Å². The fraction of sp³-hybridized carbons (Fsp3) is 0.581. The number of esters is 1. The summed E-state index contributed by atoms with van der Waals surface area (Å²) in [5.74, 6) is -2.01. The zero-order valence-corrected chi connectivity index (χ0v) is 26.3. The summed E-state index contributed by atoms with van der Waals surface area (Å²) in [6, 6.07) is 3.26. The lowest BCUT2D eigenvalue weighted by Gasteiger charge is -2.42. The number of nitrogens with one attached hydrogen (secondary N) is 1. The minimum absolute atomic E-state index is 0.0108. The minimum Gasteiger partial charge on any atom is -0.506 e.